The first kappa shape index (κ1) is 11.1. The van der Waals surface area contributed by atoms with E-state index in [0.29, 0.717) is 0 Å². The molecule has 5 nitrogen and oxygen atoms in total. The Labute approximate surface area is 104 Å². The molecule has 1 atom stereocenters. The molecule has 1 saturated heterocycles. The number of carboxylic acid groups (broad SMARTS) is 1. The molecule has 0 bridgehead atoms. The number of aliphatic carboxylic acids is 1. The number of hydrogen-bond acceptors (Lipinski definition) is 4. The molecule has 5 heteroatoms. The average Bonchev–Trinajstić information content (AvgIpc) is 2.75. The highest BCUT2D eigenvalue weighted by Gasteiger charge is 2.35. The Hall–Kier alpha value is -2.04. The van der Waals surface area contributed by atoms with Crippen molar-refractivity contribution in [3.63, 3.8) is 0 Å². The second-order valence-electron chi connectivity index (χ2n) is 4.76. The lowest BCUT2D eigenvalue weighted by Gasteiger charge is -2.42. The van der Waals surface area contributed by atoms with Crippen LogP contribution in [-0.2, 0) is 4.79 Å². The summed E-state index contributed by atoms with van der Waals surface area (Å²) in [7, 11) is 0. The molecule has 1 N–H and O–H groups in total. The van der Waals surface area contributed by atoms with Crippen molar-refractivity contribution in [3.05, 3.63) is 24.6 Å². The zero-order valence-corrected chi connectivity index (χ0v) is 10.0. The van der Waals surface area contributed by atoms with Crippen molar-refractivity contribution in [2.45, 2.75) is 6.92 Å². The topological polar surface area (TPSA) is 66.6 Å². The largest absolute Gasteiger partial charge is 0.481 e. The van der Waals surface area contributed by atoms with Crippen molar-refractivity contribution >= 4 is 22.8 Å². The number of rotatable bonds is 3. The van der Waals surface area contributed by atoms with E-state index < -0.39 is 5.97 Å². The predicted molar refractivity (Wildman–Crippen MR) is 66.5 cm³/mol. The van der Waals surface area contributed by atoms with Gasteiger partial charge in [-0.1, -0.05) is 6.92 Å². The standard InChI is InChI=1S/C13H14N2O3/c1-8(13(16)17)9-6-15(7-9)12-10-3-5-18-11(10)2-4-14-12/h2-5,8-9H,6-7H2,1H3,(H,16,17). The molecule has 0 amide bonds. The van der Waals surface area contributed by atoms with Gasteiger partial charge in [0.25, 0.3) is 0 Å². The molecule has 3 heterocycles. The molecule has 18 heavy (non-hydrogen) atoms. The number of carbonyl (C=O) groups is 1. The van der Waals surface area contributed by atoms with Crippen LogP contribution in [0, 0.1) is 11.8 Å². The second kappa shape index (κ2) is 4.01. The van der Waals surface area contributed by atoms with Gasteiger partial charge in [-0.3, -0.25) is 4.79 Å². The van der Waals surface area contributed by atoms with Gasteiger partial charge in [-0.15, -0.1) is 0 Å². The third-order valence-electron chi connectivity index (χ3n) is 3.66. The molecule has 2 aromatic heterocycles. The lowest BCUT2D eigenvalue weighted by molar-refractivity contribution is -0.143. The molecule has 2 aromatic rings. The van der Waals surface area contributed by atoms with E-state index in [1.54, 1.807) is 19.4 Å². The van der Waals surface area contributed by atoms with E-state index >= 15 is 0 Å². The minimum atomic E-state index is -0.728. The van der Waals surface area contributed by atoms with Gasteiger partial charge in [0.15, 0.2) is 0 Å². The highest BCUT2D eigenvalue weighted by atomic mass is 16.4. The molecule has 0 spiro atoms. The van der Waals surface area contributed by atoms with Crippen molar-refractivity contribution in [2.24, 2.45) is 11.8 Å². The van der Waals surface area contributed by atoms with E-state index in [1.807, 2.05) is 12.1 Å². The van der Waals surface area contributed by atoms with Crippen molar-refractivity contribution in [1.29, 1.82) is 0 Å². The monoisotopic (exact) mass is 246 g/mol. The van der Waals surface area contributed by atoms with Crippen molar-refractivity contribution in [1.82, 2.24) is 4.98 Å². The highest BCUT2D eigenvalue weighted by molar-refractivity contribution is 5.88. The molecule has 1 fully saturated rings. The van der Waals surface area contributed by atoms with Crippen LogP contribution in [0.5, 0.6) is 0 Å². The van der Waals surface area contributed by atoms with Crippen molar-refractivity contribution < 1.29 is 14.3 Å². The molecule has 0 radical (unpaired) electrons. The van der Waals surface area contributed by atoms with E-state index in [-0.39, 0.29) is 11.8 Å². The summed E-state index contributed by atoms with van der Waals surface area (Å²) in [5.41, 5.74) is 0.815. The highest BCUT2D eigenvalue weighted by Crippen LogP contribution is 2.32. The van der Waals surface area contributed by atoms with Crippen LogP contribution in [0.25, 0.3) is 11.0 Å². The maximum atomic E-state index is 10.9. The first-order valence-electron chi connectivity index (χ1n) is 5.97. The van der Waals surface area contributed by atoms with E-state index in [4.69, 9.17) is 9.52 Å². The minimum absolute atomic E-state index is 0.200. The first-order chi connectivity index (χ1) is 8.66. The van der Waals surface area contributed by atoms with Gasteiger partial charge < -0.3 is 14.4 Å². The first-order valence-corrected chi connectivity index (χ1v) is 5.97. The number of furan rings is 1. The normalized spacial score (nSPS) is 17.7. The molecule has 94 valence electrons. The molecule has 3 rings (SSSR count). The Balaban J connectivity index is 1.79. The summed E-state index contributed by atoms with van der Waals surface area (Å²) in [4.78, 5) is 17.4. The quantitative estimate of drug-likeness (QED) is 0.897. The number of nitrogens with zero attached hydrogens (tertiary/aromatic N) is 2. The fourth-order valence-corrected chi connectivity index (χ4v) is 2.34. The molecule has 1 aliphatic rings. The van der Waals surface area contributed by atoms with E-state index in [1.165, 1.54) is 0 Å². The number of fused-ring (bicyclic) bond motifs is 1. The maximum absolute atomic E-state index is 10.9. The fourth-order valence-electron chi connectivity index (χ4n) is 2.34. The second-order valence-corrected chi connectivity index (χ2v) is 4.76. The van der Waals surface area contributed by atoms with Crippen LogP contribution >= 0.6 is 0 Å². The maximum Gasteiger partial charge on any atom is 0.306 e. The van der Waals surface area contributed by atoms with Crippen LogP contribution < -0.4 is 4.90 Å². The van der Waals surface area contributed by atoms with Crippen LogP contribution in [0.15, 0.2) is 29.0 Å². The summed E-state index contributed by atoms with van der Waals surface area (Å²) < 4.78 is 5.33. The van der Waals surface area contributed by atoms with Crippen LogP contribution in [0.4, 0.5) is 5.82 Å². The summed E-state index contributed by atoms with van der Waals surface area (Å²) >= 11 is 0. The zero-order chi connectivity index (χ0) is 12.7. The Morgan fingerprint density at radius 1 is 1.56 bits per heavy atom. The predicted octanol–water partition coefficient (Wildman–Crippen LogP) is 1.98. The summed E-state index contributed by atoms with van der Waals surface area (Å²) in [6.07, 6.45) is 3.36. The molecule has 1 aliphatic heterocycles. The lowest BCUT2D eigenvalue weighted by atomic mass is 9.87. The van der Waals surface area contributed by atoms with Crippen LogP contribution in [0.3, 0.4) is 0 Å². The Bertz CT molecular complexity index is 587. The van der Waals surface area contributed by atoms with Gasteiger partial charge >= 0.3 is 5.97 Å². The van der Waals surface area contributed by atoms with Gasteiger partial charge in [-0.2, -0.15) is 0 Å². The summed E-state index contributed by atoms with van der Waals surface area (Å²) in [6, 6.07) is 3.72. The van der Waals surface area contributed by atoms with Gasteiger partial charge in [0, 0.05) is 25.2 Å². The van der Waals surface area contributed by atoms with Crippen molar-refractivity contribution in [2.75, 3.05) is 18.0 Å². The molecule has 0 saturated carbocycles. The molecule has 0 aromatic carbocycles. The summed E-state index contributed by atoms with van der Waals surface area (Å²) in [5.74, 6) is 0.0560. The van der Waals surface area contributed by atoms with Gasteiger partial charge in [-0.05, 0) is 12.1 Å². The Morgan fingerprint density at radius 3 is 3.06 bits per heavy atom. The Kier molecular flexibility index (Phi) is 2.47. The third kappa shape index (κ3) is 1.63. The van der Waals surface area contributed by atoms with Gasteiger partial charge in [0.05, 0.1) is 17.6 Å². The number of hydrogen-bond donors (Lipinski definition) is 1. The molecule has 1 unspecified atom stereocenters. The molecule has 0 aliphatic carbocycles. The van der Waals surface area contributed by atoms with Crippen LogP contribution in [0.1, 0.15) is 6.92 Å². The third-order valence-corrected chi connectivity index (χ3v) is 3.66. The zero-order valence-electron chi connectivity index (χ0n) is 10.0. The van der Waals surface area contributed by atoms with Gasteiger partial charge in [0.2, 0.25) is 0 Å². The summed E-state index contributed by atoms with van der Waals surface area (Å²) in [5, 5.41) is 9.95. The smallest absolute Gasteiger partial charge is 0.306 e. The van der Waals surface area contributed by atoms with E-state index in [9.17, 15) is 4.79 Å². The molecular formula is C13H14N2O3. The fraction of sp³-hybridized carbons (Fsp3) is 0.385. The average molecular weight is 246 g/mol. The number of anilines is 1. The van der Waals surface area contributed by atoms with E-state index in [2.05, 4.69) is 9.88 Å². The number of pyridine rings is 1. The van der Waals surface area contributed by atoms with E-state index in [0.717, 1.165) is 29.9 Å². The molecular weight excluding hydrogens is 232 g/mol. The van der Waals surface area contributed by atoms with Gasteiger partial charge in [0.1, 0.15) is 11.4 Å². The van der Waals surface area contributed by atoms with Crippen LogP contribution in [0.2, 0.25) is 0 Å². The van der Waals surface area contributed by atoms with Crippen molar-refractivity contribution in [3.8, 4) is 0 Å². The lowest BCUT2D eigenvalue weighted by Crippen LogP contribution is -2.51. The SMILES string of the molecule is CC(C(=O)O)C1CN(c2nccc3occc23)C1. The summed E-state index contributed by atoms with van der Waals surface area (Å²) in [6.45, 7) is 3.24. The Morgan fingerprint density at radius 2 is 2.33 bits per heavy atom. The number of aromatic nitrogens is 1. The van der Waals surface area contributed by atoms with Gasteiger partial charge in [-0.25, -0.2) is 4.98 Å². The minimum Gasteiger partial charge on any atom is -0.481 e. The van der Waals surface area contributed by atoms with Crippen LogP contribution in [-0.4, -0.2) is 29.1 Å². The number of carboxylic acids is 1.